The lowest BCUT2D eigenvalue weighted by molar-refractivity contribution is -0.137. The van der Waals surface area contributed by atoms with Crippen LogP contribution in [0.3, 0.4) is 0 Å². The van der Waals surface area contributed by atoms with Gasteiger partial charge < -0.3 is 10.4 Å². The van der Waals surface area contributed by atoms with Crippen LogP contribution in [0.4, 0.5) is 0 Å². The average molecular weight is 249 g/mol. The number of aliphatic carboxylic acids is 1. The highest BCUT2D eigenvalue weighted by atomic mass is 16.4. The molecule has 0 aliphatic heterocycles. The second-order valence-electron chi connectivity index (χ2n) is 4.29. The number of rotatable bonds is 6. The molecule has 0 saturated carbocycles. The molecule has 0 radical (unpaired) electrons. The largest absolute Gasteiger partial charge is 0.481 e. The van der Waals surface area contributed by atoms with Gasteiger partial charge in [0.1, 0.15) is 0 Å². The van der Waals surface area contributed by atoms with Gasteiger partial charge in [-0.2, -0.15) is 0 Å². The first-order valence-electron chi connectivity index (χ1n) is 6.10. The molecule has 1 rings (SSSR count). The van der Waals surface area contributed by atoms with Gasteiger partial charge in [-0.3, -0.25) is 9.59 Å². The molecule has 0 aliphatic rings. The van der Waals surface area contributed by atoms with Gasteiger partial charge in [-0.15, -0.1) is 0 Å². The number of aryl methyl sites for hydroxylation is 1. The molecule has 4 nitrogen and oxygen atoms in total. The molecule has 0 aromatic heterocycles. The number of hydrogen-bond donors (Lipinski definition) is 2. The molecular weight excluding hydrogens is 230 g/mol. The Morgan fingerprint density at radius 2 is 1.89 bits per heavy atom. The number of nitrogens with one attached hydrogen (secondary N) is 1. The molecule has 0 saturated heterocycles. The van der Waals surface area contributed by atoms with Gasteiger partial charge >= 0.3 is 5.97 Å². The number of carbonyl (C=O) groups excluding carboxylic acids is 1. The van der Waals surface area contributed by atoms with E-state index in [1.54, 1.807) is 0 Å². The van der Waals surface area contributed by atoms with Crippen LogP contribution in [0, 0.1) is 6.92 Å². The summed E-state index contributed by atoms with van der Waals surface area (Å²) < 4.78 is 0. The van der Waals surface area contributed by atoms with Crippen molar-refractivity contribution in [1.29, 1.82) is 0 Å². The van der Waals surface area contributed by atoms with E-state index in [2.05, 4.69) is 5.32 Å². The highest BCUT2D eigenvalue weighted by Crippen LogP contribution is 2.22. The van der Waals surface area contributed by atoms with Gasteiger partial charge in [0.25, 0.3) is 0 Å². The lowest BCUT2D eigenvalue weighted by Crippen LogP contribution is -2.29. The van der Waals surface area contributed by atoms with Gasteiger partial charge in [0.2, 0.25) is 5.91 Å². The summed E-state index contributed by atoms with van der Waals surface area (Å²) in [5.74, 6) is -1.37. The minimum Gasteiger partial charge on any atom is -0.481 e. The second kappa shape index (κ2) is 6.79. The standard InChI is InChI=1S/C14H19NO3/c1-3-15-14(18)12(8-9-13(16)17)11-6-4-10(2)5-7-11/h4-7,12H,3,8-9H2,1-2H3,(H,15,18)(H,16,17). The SMILES string of the molecule is CCNC(=O)C(CCC(=O)O)c1ccc(C)cc1. The van der Waals surface area contributed by atoms with Crippen molar-refractivity contribution < 1.29 is 14.7 Å². The molecular formula is C14H19NO3. The van der Waals surface area contributed by atoms with Crippen molar-refractivity contribution in [3.63, 3.8) is 0 Å². The van der Waals surface area contributed by atoms with Crippen LogP contribution >= 0.6 is 0 Å². The van der Waals surface area contributed by atoms with E-state index in [1.807, 2.05) is 38.1 Å². The van der Waals surface area contributed by atoms with Gasteiger partial charge in [0.05, 0.1) is 5.92 Å². The molecule has 1 amide bonds. The Labute approximate surface area is 107 Å². The zero-order valence-corrected chi connectivity index (χ0v) is 10.8. The first-order valence-corrected chi connectivity index (χ1v) is 6.10. The Bertz CT molecular complexity index is 412. The minimum absolute atomic E-state index is 0.00429. The van der Waals surface area contributed by atoms with Crippen LogP contribution in [0.25, 0.3) is 0 Å². The van der Waals surface area contributed by atoms with Crippen LogP contribution < -0.4 is 5.32 Å². The third-order valence-electron chi connectivity index (χ3n) is 2.79. The average Bonchev–Trinajstić information content (AvgIpc) is 2.31. The third kappa shape index (κ3) is 4.20. The Kier molecular flexibility index (Phi) is 5.36. The fourth-order valence-electron chi connectivity index (χ4n) is 1.81. The van der Waals surface area contributed by atoms with Gasteiger partial charge in [0.15, 0.2) is 0 Å². The number of carboxylic acid groups (broad SMARTS) is 1. The molecule has 2 N–H and O–H groups in total. The Morgan fingerprint density at radius 1 is 1.28 bits per heavy atom. The molecule has 0 bridgehead atoms. The van der Waals surface area contributed by atoms with Crippen molar-refractivity contribution in [2.75, 3.05) is 6.54 Å². The van der Waals surface area contributed by atoms with Crippen LogP contribution in [-0.4, -0.2) is 23.5 Å². The fraction of sp³-hybridized carbons (Fsp3) is 0.429. The zero-order chi connectivity index (χ0) is 13.5. The van der Waals surface area contributed by atoms with Crippen LogP contribution in [0.15, 0.2) is 24.3 Å². The van der Waals surface area contributed by atoms with Crippen molar-refractivity contribution in [3.8, 4) is 0 Å². The minimum atomic E-state index is -0.878. The molecule has 1 unspecified atom stereocenters. The highest BCUT2D eigenvalue weighted by Gasteiger charge is 2.20. The van der Waals surface area contributed by atoms with Crippen LogP contribution in [-0.2, 0) is 9.59 Å². The van der Waals surface area contributed by atoms with E-state index in [4.69, 9.17) is 5.11 Å². The van der Waals surface area contributed by atoms with Crippen molar-refractivity contribution >= 4 is 11.9 Å². The number of carbonyl (C=O) groups is 2. The number of likely N-dealkylation sites (N-methyl/N-ethyl adjacent to an activating group) is 1. The molecule has 1 aromatic carbocycles. The maximum atomic E-state index is 11.9. The molecule has 1 atom stereocenters. The van der Waals surface area contributed by atoms with Crippen molar-refractivity contribution in [1.82, 2.24) is 5.32 Å². The third-order valence-corrected chi connectivity index (χ3v) is 2.79. The van der Waals surface area contributed by atoms with E-state index in [0.29, 0.717) is 13.0 Å². The Hall–Kier alpha value is -1.84. The van der Waals surface area contributed by atoms with Crippen LogP contribution in [0.2, 0.25) is 0 Å². The summed E-state index contributed by atoms with van der Waals surface area (Å²) in [6, 6.07) is 7.64. The topological polar surface area (TPSA) is 66.4 Å². The maximum absolute atomic E-state index is 11.9. The summed E-state index contributed by atoms with van der Waals surface area (Å²) in [5.41, 5.74) is 1.99. The number of hydrogen-bond acceptors (Lipinski definition) is 2. The van der Waals surface area contributed by atoms with Crippen LogP contribution in [0.5, 0.6) is 0 Å². The first kappa shape index (κ1) is 14.2. The van der Waals surface area contributed by atoms with Crippen molar-refractivity contribution in [2.45, 2.75) is 32.6 Å². The molecule has 18 heavy (non-hydrogen) atoms. The zero-order valence-electron chi connectivity index (χ0n) is 10.8. The van der Waals surface area contributed by atoms with Gasteiger partial charge in [0, 0.05) is 13.0 Å². The number of amides is 1. The van der Waals surface area contributed by atoms with E-state index in [0.717, 1.165) is 11.1 Å². The summed E-state index contributed by atoms with van der Waals surface area (Å²) in [7, 11) is 0. The maximum Gasteiger partial charge on any atom is 0.303 e. The Balaban J connectivity index is 2.85. The van der Waals surface area contributed by atoms with Crippen molar-refractivity contribution in [3.05, 3.63) is 35.4 Å². The summed E-state index contributed by atoms with van der Waals surface area (Å²) >= 11 is 0. The van der Waals surface area contributed by atoms with E-state index in [1.165, 1.54) is 0 Å². The van der Waals surface area contributed by atoms with E-state index in [-0.39, 0.29) is 18.2 Å². The second-order valence-corrected chi connectivity index (χ2v) is 4.29. The van der Waals surface area contributed by atoms with E-state index < -0.39 is 5.97 Å². The van der Waals surface area contributed by atoms with Crippen LogP contribution in [0.1, 0.15) is 36.8 Å². The predicted molar refractivity (Wildman–Crippen MR) is 69.5 cm³/mol. The highest BCUT2D eigenvalue weighted by molar-refractivity contribution is 5.84. The smallest absolute Gasteiger partial charge is 0.303 e. The van der Waals surface area contributed by atoms with Gasteiger partial charge in [-0.25, -0.2) is 0 Å². The summed E-state index contributed by atoms with van der Waals surface area (Å²) in [6.45, 7) is 4.37. The van der Waals surface area contributed by atoms with Crippen molar-refractivity contribution in [2.24, 2.45) is 0 Å². The number of carboxylic acids is 1. The lowest BCUT2D eigenvalue weighted by Gasteiger charge is -2.16. The monoisotopic (exact) mass is 249 g/mol. The molecule has 4 heteroatoms. The molecule has 98 valence electrons. The summed E-state index contributed by atoms with van der Waals surface area (Å²) in [6.07, 6.45) is 0.319. The van der Waals surface area contributed by atoms with E-state index in [9.17, 15) is 9.59 Å². The predicted octanol–water partition coefficient (Wildman–Crippen LogP) is 2.08. The summed E-state index contributed by atoms with van der Waals surface area (Å²) in [5, 5.41) is 11.5. The molecule has 0 spiro atoms. The molecule has 0 heterocycles. The molecule has 0 fully saturated rings. The normalized spacial score (nSPS) is 11.9. The Morgan fingerprint density at radius 3 is 2.39 bits per heavy atom. The van der Waals surface area contributed by atoms with Gasteiger partial charge in [-0.05, 0) is 25.8 Å². The first-order chi connectivity index (χ1) is 8.54. The van der Waals surface area contributed by atoms with E-state index >= 15 is 0 Å². The molecule has 0 aliphatic carbocycles. The fourth-order valence-corrected chi connectivity index (χ4v) is 1.81. The number of benzene rings is 1. The molecule has 1 aromatic rings. The lowest BCUT2D eigenvalue weighted by atomic mass is 9.92. The quantitative estimate of drug-likeness (QED) is 0.811. The van der Waals surface area contributed by atoms with Gasteiger partial charge in [-0.1, -0.05) is 29.8 Å². The summed E-state index contributed by atoms with van der Waals surface area (Å²) in [4.78, 5) is 22.6.